The SMILES string of the molecule is CCC1(C)CCN(C(=O)[C@@H]2CCCN2)C1.Cl. The van der Waals surface area contributed by atoms with E-state index in [1.165, 1.54) is 12.8 Å². The van der Waals surface area contributed by atoms with Crippen LogP contribution in [-0.4, -0.2) is 36.5 Å². The molecular weight excluding hydrogens is 224 g/mol. The summed E-state index contributed by atoms with van der Waals surface area (Å²) in [4.78, 5) is 14.2. The predicted molar refractivity (Wildman–Crippen MR) is 67.9 cm³/mol. The van der Waals surface area contributed by atoms with Crippen LogP contribution in [0.4, 0.5) is 0 Å². The minimum absolute atomic E-state index is 0. The van der Waals surface area contributed by atoms with Gasteiger partial charge in [0.2, 0.25) is 5.91 Å². The highest BCUT2D eigenvalue weighted by molar-refractivity contribution is 5.85. The monoisotopic (exact) mass is 246 g/mol. The largest absolute Gasteiger partial charge is 0.341 e. The zero-order valence-corrected chi connectivity index (χ0v) is 11.1. The number of halogens is 1. The number of carbonyl (C=O) groups is 1. The van der Waals surface area contributed by atoms with E-state index in [9.17, 15) is 4.79 Å². The summed E-state index contributed by atoms with van der Waals surface area (Å²) in [6, 6.07) is 0.115. The summed E-state index contributed by atoms with van der Waals surface area (Å²) in [5.74, 6) is 0.338. The molecule has 0 aromatic rings. The molecule has 0 aromatic heterocycles. The van der Waals surface area contributed by atoms with Crippen LogP contribution in [0.1, 0.15) is 39.5 Å². The van der Waals surface area contributed by atoms with E-state index in [0.717, 1.165) is 32.5 Å². The minimum Gasteiger partial charge on any atom is -0.341 e. The van der Waals surface area contributed by atoms with Crippen LogP contribution < -0.4 is 5.32 Å². The molecule has 3 nitrogen and oxygen atoms in total. The number of carbonyl (C=O) groups excluding carboxylic acids is 1. The highest BCUT2D eigenvalue weighted by atomic mass is 35.5. The maximum Gasteiger partial charge on any atom is 0.239 e. The van der Waals surface area contributed by atoms with Crippen molar-refractivity contribution in [2.75, 3.05) is 19.6 Å². The van der Waals surface area contributed by atoms with Gasteiger partial charge in [-0.2, -0.15) is 0 Å². The fraction of sp³-hybridized carbons (Fsp3) is 0.917. The first kappa shape index (κ1) is 13.8. The Morgan fingerprint density at radius 3 is 2.81 bits per heavy atom. The maximum atomic E-state index is 12.1. The number of hydrogen-bond acceptors (Lipinski definition) is 2. The van der Waals surface area contributed by atoms with E-state index in [4.69, 9.17) is 0 Å². The first-order valence-corrected chi connectivity index (χ1v) is 6.17. The summed E-state index contributed by atoms with van der Waals surface area (Å²) >= 11 is 0. The molecule has 0 spiro atoms. The standard InChI is InChI=1S/C12H22N2O.ClH/c1-3-12(2)6-8-14(9-12)11(15)10-5-4-7-13-10;/h10,13H,3-9H2,1-2H3;1H/t10-,12?;/m0./s1. The van der Waals surface area contributed by atoms with Crippen LogP contribution in [0.5, 0.6) is 0 Å². The molecule has 1 unspecified atom stereocenters. The van der Waals surface area contributed by atoms with E-state index in [2.05, 4.69) is 24.1 Å². The average molecular weight is 247 g/mol. The molecule has 2 fully saturated rings. The first-order chi connectivity index (χ1) is 7.14. The molecule has 1 amide bonds. The Bertz CT molecular complexity index is 253. The van der Waals surface area contributed by atoms with Gasteiger partial charge in [-0.15, -0.1) is 12.4 Å². The highest BCUT2D eigenvalue weighted by Gasteiger charge is 2.37. The molecule has 1 N–H and O–H groups in total. The Morgan fingerprint density at radius 2 is 2.31 bits per heavy atom. The first-order valence-electron chi connectivity index (χ1n) is 6.17. The van der Waals surface area contributed by atoms with Crippen molar-refractivity contribution < 1.29 is 4.79 Å². The molecule has 0 bridgehead atoms. The number of nitrogens with one attached hydrogen (secondary N) is 1. The van der Waals surface area contributed by atoms with Gasteiger partial charge < -0.3 is 10.2 Å². The second-order valence-corrected chi connectivity index (χ2v) is 5.32. The summed E-state index contributed by atoms with van der Waals surface area (Å²) in [6.45, 7) is 7.45. The lowest BCUT2D eigenvalue weighted by Crippen LogP contribution is -2.43. The third-order valence-electron chi connectivity index (χ3n) is 4.08. The van der Waals surface area contributed by atoms with Crippen molar-refractivity contribution >= 4 is 18.3 Å². The molecule has 2 aliphatic heterocycles. The summed E-state index contributed by atoms with van der Waals surface area (Å²) in [6.07, 6.45) is 4.52. The summed E-state index contributed by atoms with van der Waals surface area (Å²) in [5, 5.41) is 3.29. The Labute approximate surface area is 104 Å². The average Bonchev–Trinajstić information content (AvgIpc) is 2.86. The molecule has 0 aromatic carbocycles. The molecule has 2 saturated heterocycles. The van der Waals surface area contributed by atoms with Gasteiger partial charge in [0.05, 0.1) is 6.04 Å². The van der Waals surface area contributed by atoms with Crippen LogP contribution >= 0.6 is 12.4 Å². The molecule has 2 aliphatic rings. The number of nitrogens with zero attached hydrogens (tertiary/aromatic N) is 1. The maximum absolute atomic E-state index is 12.1. The molecule has 4 heteroatoms. The second kappa shape index (κ2) is 5.37. The minimum atomic E-state index is 0. The third kappa shape index (κ3) is 2.69. The lowest BCUT2D eigenvalue weighted by molar-refractivity contribution is -0.132. The van der Waals surface area contributed by atoms with Gasteiger partial charge in [0.1, 0.15) is 0 Å². The summed E-state index contributed by atoms with van der Waals surface area (Å²) < 4.78 is 0. The molecule has 0 aliphatic carbocycles. The molecule has 16 heavy (non-hydrogen) atoms. The quantitative estimate of drug-likeness (QED) is 0.806. The van der Waals surface area contributed by atoms with Gasteiger partial charge in [0.15, 0.2) is 0 Å². The van der Waals surface area contributed by atoms with Crippen LogP contribution in [0.3, 0.4) is 0 Å². The van der Waals surface area contributed by atoms with Crippen molar-refractivity contribution in [3.05, 3.63) is 0 Å². The Balaban J connectivity index is 0.00000128. The lowest BCUT2D eigenvalue weighted by atomic mass is 9.87. The number of likely N-dealkylation sites (tertiary alicyclic amines) is 1. The van der Waals surface area contributed by atoms with Crippen molar-refractivity contribution in [3.8, 4) is 0 Å². The van der Waals surface area contributed by atoms with Crippen molar-refractivity contribution in [2.24, 2.45) is 5.41 Å². The van der Waals surface area contributed by atoms with Crippen molar-refractivity contribution in [2.45, 2.75) is 45.6 Å². The highest BCUT2D eigenvalue weighted by Crippen LogP contribution is 2.33. The van der Waals surface area contributed by atoms with Crippen LogP contribution in [-0.2, 0) is 4.79 Å². The molecule has 94 valence electrons. The van der Waals surface area contributed by atoms with Crippen LogP contribution in [0.25, 0.3) is 0 Å². The normalized spacial score (nSPS) is 33.9. The van der Waals surface area contributed by atoms with Crippen LogP contribution in [0.2, 0.25) is 0 Å². The number of rotatable bonds is 2. The summed E-state index contributed by atoms with van der Waals surface area (Å²) in [5.41, 5.74) is 0.369. The third-order valence-corrected chi connectivity index (χ3v) is 4.08. The lowest BCUT2D eigenvalue weighted by Gasteiger charge is -2.24. The van der Waals surface area contributed by atoms with Gasteiger partial charge in [-0.3, -0.25) is 4.79 Å². The van der Waals surface area contributed by atoms with E-state index in [-0.39, 0.29) is 18.4 Å². The van der Waals surface area contributed by atoms with Gasteiger partial charge in [-0.1, -0.05) is 13.8 Å². The molecule has 2 rings (SSSR count). The fourth-order valence-corrected chi connectivity index (χ4v) is 2.62. The second-order valence-electron chi connectivity index (χ2n) is 5.32. The van der Waals surface area contributed by atoms with Gasteiger partial charge in [-0.05, 0) is 37.6 Å². The Morgan fingerprint density at radius 1 is 1.56 bits per heavy atom. The molecule has 0 saturated carbocycles. The van der Waals surface area contributed by atoms with Crippen molar-refractivity contribution in [1.29, 1.82) is 0 Å². The van der Waals surface area contributed by atoms with Gasteiger partial charge in [-0.25, -0.2) is 0 Å². The van der Waals surface area contributed by atoms with E-state index in [0.29, 0.717) is 11.3 Å². The smallest absolute Gasteiger partial charge is 0.239 e. The van der Waals surface area contributed by atoms with E-state index in [1.807, 2.05) is 0 Å². The van der Waals surface area contributed by atoms with Crippen LogP contribution in [0.15, 0.2) is 0 Å². The zero-order chi connectivity index (χ0) is 10.9. The van der Waals surface area contributed by atoms with Gasteiger partial charge in [0.25, 0.3) is 0 Å². The van der Waals surface area contributed by atoms with Crippen LogP contribution in [0, 0.1) is 5.41 Å². The molecule has 0 radical (unpaired) electrons. The van der Waals surface area contributed by atoms with Crippen molar-refractivity contribution in [1.82, 2.24) is 10.2 Å². The fourth-order valence-electron chi connectivity index (χ4n) is 2.62. The Kier molecular flexibility index (Phi) is 4.62. The molecular formula is C12H23ClN2O. The number of hydrogen-bond donors (Lipinski definition) is 1. The van der Waals surface area contributed by atoms with E-state index >= 15 is 0 Å². The predicted octanol–water partition coefficient (Wildman–Crippen LogP) is 1.81. The molecule has 2 heterocycles. The van der Waals surface area contributed by atoms with Gasteiger partial charge >= 0.3 is 0 Å². The summed E-state index contributed by atoms with van der Waals surface area (Å²) in [7, 11) is 0. The molecule has 2 atom stereocenters. The topological polar surface area (TPSA) is 32.3 Å². The number of amides is 1. The Hall–Kier alpha value is -0.280. The zero-order valence-electron chi connectivity index (χ0n) is 10.3. The van der Waals surface area contributed by atoms with Gasteiger partial charge in [0, 0.05) is 13.1 Å². The van der Waals surface area contributed by atoms with E-state index in [1.54, 1.807) is 0 Å². The van der Waals surface area contributed by atoms with E-state index < -0.39 is 0 Å². The van der Waals surface area contributed by atoms with Crippen molar-refractivity contribution in [3.63, 3.8) is 0 Å².